The molecule has 3 nitrogen and oxygen atoms in total. The molecule has 0 aliphatic carbocycles. The zero-order chi connectivity index (χ0) is 23.0. The number of aliphatic hydroxyl groups excluding tert-OH is 1. The zero-order valence-electron chi connectivity index (χ0n) is 19.1. The highest BCUT2D eigenvalue weighted by Gasteiger charge is 2.31. The molecule has 168 valence electrons. The Morgan fingerprint density at radius 1 is 0.606 bits per heavy atom. The molecule has 4 aromatic rings. The summed E-state index contributed by atoms with van der Waals surface area (Å²) < 4.78 is 5.36. The SMILES string of the molecule is COc1ccc([C@H]([C@H](C)O)[C@H](NC(c2ccccc2)c2ccccc2)c2ccccc2)cc1. The topological polar surface area (TPSA) is 41.5 Å². The fourth-order valence-corrected chi connectivity index (χ4v) is 4.50. The zero-order valence-corrected chi connectivity index (χ0v) is 19.1. The van der Waals surface area contributed by atoms with E-state index in [0.717, 1.165) is 16.9 Å². The Kier molecular flexibility index (Phi) is 7.56. The van der Waals surface area contributed by atoms with Crippen molar-refractivity contribution in [3.63, 3.8) is 0 Å². The maximum absolute atomic E-state index is 11.0. The van der Waals surface area contributed by atoms with Crippen LogP contribution in [-0.2, 0) is 0 Å². The smallest absolute Gasteiger partial charge is 0.118 e. The molecule has 0 unspecified atom stereocenters. The first-order valence-electron chi connectivity index (χ1n) is 11.4. The van der Waals surface area contributed by atoms with E-state index < -0.39 is 6.10 Å². The molecule has 0 aromatic heterocycles. The summed E-state index contributed by atoms with van der Waals surface area (Å²) in [5.41, 5.74) is 4.57. The summed E-state index contributed by atoms with van der Waals surface area (Å²) in [5, 5.41) is 14.9. The largest absolute Gasteiger partial charge is 0.497 e. The Balaban J connectivity index is 1.80. The van der Waals surface area contributed by atoms with Crippen LogP contribution >= 0.6 is 0 Å². The molecule has 0 amide bonds. The van der Waals surface area contributed by atoms with E-state index in [1.807, 2.05) is 49.4 Å². The van der Waals surface area contributed by atoms with Crippen LogP contribution in [-0.4, -0.2) is 18.3 Å². The minimum absolute atomic E-state index is 0.0305. The molecular formula is C30H31NO2. The third-order valence-corrected chi connectivity index (χ3v) is 6.15. The van der Waals surface area contributed by atoms with Crippen LogP contribution in [0.15, 0.2) is 115 Å². The first-order chi connectivity index (χ1) is 16.2. The summed E-state index contributed by atoms with van der Waals surface area (Å²) >= 11 is 0. The first-order valence-corrected chi connectivity index (χ1v) is 11.4. The predicted molar refractivity (Wildman–Crippen MR) is 134 cm³/mol. The molecule has 3 heteroatoms. The van der Waals surface area contributed by atoms with Crippen LogP contribution in [0.5, 0.6) is 5.75 Å². The second-order valence-corrected chi connectivity index (χ2v) is 8.35. The average molecular weight is 438 g/mol. The van der Waals surface area contributed by atoms with Gasteiger partial charge in [0.05, 0.1) is 19.3 Å². The number of hydrogen-bond acceptors (Lipinski definition) is 3. The van der Waals surface area contributed by atoms with Crippen LogP contribution in [0.25, 0.3) is 0 Å². The Hall–Kier alpha value is -3.40. The lowest BCUT2D eigenvalue weighted by molar-refractivity contribution is 0.138. The molecular weight excluding hydrogens is 406 g/mol. The summed E-state index contributed by atoms with van der Waals surface area (Å²) in [6.45, 7) is 1.87. The fourth-order valence-electron chi connectivity index (χ4n) is 4.50. The van der Waals surface area contributed by atoms with E-state index in [0.29, 0.717) is 0 Å². The molecule has 0 radical (unpaired) electrons. The normalized spacial score (nSPS) is 13.9. The highest BCUT2D eigenvalue weighted by Crippen LogP contribution is 2.38. The van der Waals surface area contributed by atoms with Crippen LogP contribution in [0.2, 0.25) is 0 Å². The average Bonchev–Trinajstić information content (AvgIpc) is 2.88. The Morgan fingerprint density at radius 2 is 1.06 bits per heavy atom. The molecule has 2 N–H and O–H groups in total. The van der Waals surface area contributed by atoms with Gasteiger partial charge in [0.2, 0.25) is 0 Å². The lowest BCUT2D eigenvalue weighted by Crippen LogP contribution is -2.35. The minimum Gasteiger partial charge on any atom is -0.497 e. The van der Waals surface area contributed by atoms with E-state index in [4.69, 9.17) is 4.74 Å². The number of aliphatic hydroxyl groups is 1. The lowest BCUT2D eigenvalue weighted by Gasteiger charge is -2.35. The van der Waals surface area contributed by atoms with E-state index in [9.17, 15) is 5.11 Å². The number of methoxy groups -OCH3 is 1. The van der Waals surface area contributed by atoms with Crippen molar-refractivity contribution in [2.75, 3.05) is 7.11 Å². The number of rotatable bonds is 9. The minimum atomic E-state index is -0.566. The Morgan fingerprint density at radius 3 is 1.48 bits per heavy atom. The Labute approximate surface area is 196 Å². The van der Waals surface area contributed by atoms with Gasteiger partial charge in [-0.25, -0.2) is 0 Å². The van der Waals surface area contributed by atoms with Gasteiger partial charge in [-0.05, 0) is 41.3 Å². The second kappa shape index (κ2) is 11.0. The molecule has 0 spiro atoms. The van der Waals surface area contributed by atoms with Crippen molar-refractivity contribution in [2.45, 2.75) is 31.0 Å². The molecule has 0 aliphatic heterocycles. The van der Waals surface area contributed by atoms with Crippen LogP contribution in [0, 0.1) is 0 Å². The molecule has 4 rings (SSSR count). The molecule has 0 aliphatic rings. The van der Waals surface area contributed by atoms with Gasteiger partial charge >= 0.3 is 0 Å². The highest BCUT2D eigenvalue weighted by molar-refractivity contribution is 5.36. The second-order valence-electron chi connectivity index (χ2n) is 8.35. The molecule has 3 atom stereocenters. The van der Waals surface area contributed by atoms with Crippen molar-refractivity contribution in [3.05, 3.63) is 138 Å². The summed E-state index contributed by atoms with van der Waals surface area (Å²) in [5.74, 6) is 0.645. The van der Waals surface area contributed by atoms with Gasteiger partial charge in [0, 0.05) is 12.0 Å². The van der Waals surface area contributed by atoms with Crippen molar-refractivity contribution in [1.82, 2.24) is 5.32 Å². The van der Waals surface area contributed by atoms with Crippen molar-refractivity contribution >= 4 is 0 Å². The summed E-state index contributed by atoms with van der Waals surface area (Å²) in [6, 6.07) is 39.2. The van der Waals surface area contributed by atoms with Gasteiger partial charge in [0.25, 0.3) is 0 Å². The van der Waals surface area contributed by atoms with E-state index in [1.54, 1.807) is 7.11 Å². The number of nitrogens with one attached hydrogen (secondary N) is 1. The summed E-state index contributed by atoms with van der Waals surface area (Å²) in [6.07, 6.45) is -0.566. The van der Waals surface area contributed by atoms with Crippen LogP contribution < -0.4 is 10.1 Å². The van der Waals surface area contributed by atoms with Gasteiger partial charge in [0.1, 0.15) is 5.75 Å². The van der Waals surface area contributed by atoms with E-state index in [2.05, 4.69) is 78.1 Å². The van der Waals surface area contributed by atoms with E-state index in [-0.39, 0.29) is 18.0 Å². The van der Waals surface area contributed by atoms with Gasteiger partial charge in [-0.15, -0.1) is 0 Å². The van der Waals surface area contributed by atoms with Gasteiger partial charge in [-0.2, -0.15) is 0 Å². The highest BCUT2D eigenvalue weighted by atomic mass is 16.5. The van der Waals surface area contributed by atoms with Crippen molar-refractivity contribution in [3.8, 4) is 5.75 Å². The molecule has 4 aromatic carbocycles. The quantitative estimate of drug-likeness (QED) is 0.324. The maximum Gasteiger partial charge on any atom is 0.118 e. The third-order valence-electron chi connectivity index (χ3n) is 6.15. The van der Waals surface area contributed by atoms with Gasteiger partial charge in [0.15, 0.2) is 0 Å². The van der Waals surface area contributed by atoms with Gasteiger partial charge in [-0.1, -0.05) is 103 Å². The summed E-state index contributed by atoms with van der Waals surface area (Å²) in [4.78, 5) is 0. The maximum atomic E-state index is 11.0. The molecule has 0 bridgehead atoms. The number of benzene rings is 4. The standard InChI is InChI=1S/C30H31NO2/c1-22(32)28(23-18-20-27(33-2)21-19-23)30(26-16-10-5-11-17-26)31-29(24-12-6-3-7-13-24)25-14-8-4-9-15-25/h3-22,28-32H,1-2H3/t22-,28-,30+/m0/s1. The predicted octanol–water partition coefficient (Wildman–Crippen LogP) is 6.28. The molecule has 0 saturated carbocycles. The van der Waals surface area contributed by atoms with Gasteiger partial charge < -0.3 is 9.84 Å². The van der Waals surface area contributed by atoms with Crippen LogP contribution in [0.4, 0.5) is 0 Å². The van der Waals surface area contributed by atoms with Crippen molar-refractivity contribution in [2.24, 2.45) is 0 Å². The number of ether oxygens (including phenoxy) is 1. The molecule has 0 heterocycles. The van der Waals surface area contributed by atoms with Crippen LogP contribution in [0.1, 0.15) is 47.2 Å². The number of hydrogen-bond donors (Lipinski definition) is 2. The molecule has 0 fully saturated rings. The van der Waals surface area contributed by atoms with E-state index in [1.165, 1.54) is 11.1 Å². The Bertz CT molecular complexity index is 1060. The van der Waals surface area contributed by atoms with Gasteiger partial charge in [-0.3, -0.25) is 5.32 Å². The van der Waals surface area contributed by atoms with E-state index >= 15 is 0 Å². The van der Waals surface area contributed by atoms with Crippen LogP contribution in [0.3, 0.4) is 0 Å². The monoisotopic (exact) mass is 437 g/mol. The first kappa shape index (κ1) is 22.8. The fraction of sp³-hybridized carbons (Fsp3) is 0.200. The van der Waals surface area contributed by atoms with Crippen molar-refractivity contribution < 1.29 is 9.84 Å². The summed E-state index contributed by atoms with van der Waals surface area (Å²) in [7, 11) is 1.67. The van der Waals surface area contributed by atoms with Crippen molar-refractivity contribution in [1.29, 1.82) is 0 Å². The molecule has 33 heavy (non-hydrogen) atoms. The molecule has 0 saturated heterocycles. The third kappa shape index (κ3) is 5.51. The lowest BCUT2D eigenvalue weighted by atomic mass is 9.82.